The smallest absolute Gasteiger partial charge is 0.224 e. The third-order valence-electron chi connectivity index (χ3n) is 3.70. The van der Waals surface area contributed by atoms with E-state index in [1.165, 1.54) is 4.88 Å². The summed E-state index contributed by atoms with van der Waals surface area (Å²) >= 11 is 1.71. The van der Waals surface area contributed by atoms with E-state index >= 15 is 0 Å². The molecule has 0 aliphatic heterocycles. The second-order valence-electron chi connectivity index (χ2n) is 5.38. The lowest BCUT2D eigenvalue weighted by molar-refractivity contribution is -0.120. The highest BCUT2D eigenvalue weighted by Crippen LogP contribution is 2.18. The van der Waals surface area contributed by atoms with Crippen molar-refractivity contribution >= 4 is 28.1 Å². The van der Waals surface area contributed by atoms with Crippen LogP contribution in [0.4, 0.5) is 0 Å². The van der Waals surface area contributed by atoms with Gasteiger partial charge in [-0.3, -0.25) is 4.79 Å². The molecule has 0 atom stereocenters. The van der Waals surface area contributed by atoms with Crippen molar-refractivity contribution in [3.8, 4) is 0 Å². The molecule has 0 fully saturated rings. The highest BCUT2D eigenvalue weighted by atomic mass is 32.1. The number of aryl methyl sites for hydroxylation is 2. The quantitative estimate of drug-likeness (QED) is 0.760. The van der Waals surface area contributed by atoms with Gasteiger partial charge in [-0.25, -0.2) is 4.98 Å². The summed E-state index contributed by atoms with van der Waals surface area (Å²) in [4.78, 5) is 21.0. The predicted molar refractivity (Wildman–Crippen MR) is 90.3 cm³/mol. The second-order valence-corrected chi connectivity index (χ2v) is 6.67. The van der Waals surface area contributed by atoms with Crippen molar-refractivity contribution < 1.29 is 4.79 Å². The number of thiazole rings is 1. The fraction of sp³-hybridized carbons (Fsp3) is 0.294. The maximum atomic E-state index is 12.1. The Morgan fingerprint density at radius 2 is 2.14 bits per heavy atom. The maximum absolute atomic E-state index is 12.1. The Morgan fingerprint density at radius 3 is 2.91 bits per heavy atom. The lowest BCUT2D eigenvalue weighted by Gasteiger charge is -2.04. The summed E-state index contributed by atoms with van der Waals surface area (Å²) in [5, 5.41) is 5.19. The minimum Gasteiger partial charge on any atom is -0.361 e. The van der Waals surface area contributed by atoms with E-state index in [-0.39, 0.29) is 5.91 Å². The number of fused-ring (bicyclic) bond motifs is 1. The normalized spacial score (nSPS) is 11.0. The van der Waals surface area contributed by atoms with Crippen LogP contribution in [0.25, 0.3) is 10.9 Å². The van der Waals surface area contributed by atoms with Crippen LogP contribution in [0, 0.1) is 13.8 Å². The number of carbonyl (C=O) groups is 1. The van der Waals surface area contributed by atoms with Gasteiger partial charge in [0.2, 0.25) is 5.91 Å². The van der Waals surface area contributed by atoms with Gasteiger partial charge in [0.25, 0.3) is 0 Å². The summed E-state index contributed by atoms with van der Waals surface area (Å²) in [5.74, 6) is 0.0589. The minimum absolute atomic E-state index is 0.0589. The molecule has 0 unspecified atom stereocenters. The van der Waals surface area contributed by atoms with Crippen molar-refractivity contribution in [2.75, 3.05) is 6.54 Å². The summed E-state index contributed by atoms with van der Waals surface area (Å²) in [7, 11) is 0. The van der Waals surface area contributed by atoms with E-state index in [9.17, 15) is 4.79 Å². The molecule has 2 N–H and O–H groups in total. The van der Waals surface area contributed by atoms with Gasteiger partial charge < -0.3 is 10.3 Å². The maximum Gasteiger partial charge on any atom is 0.224 e. The van der Waals surface area contributed by atoms with Crippen molar-refractivity contribution in [2.24, 2.45) is 0 Å². The van der Waals surface area contributed by atoms with Gasteiger partial charge in [0.1, 0.15) is 0 Å². The van der Waals surface area contributed by atoms with Gasteiger partial charge in [0.15, 0.2) is 0 Å². The summed E-state index contributed by atoms with van der Waals surface area (Å²) in [6.45, 7) is 4.69. The van der Waals surface area contributed by atoms with Gasteiger partial charge >= 0.3 is 0 Å². The van der Waals surface area contributed by atoms with Gasteiger partial charge in [-0.2, -0.15) is 0 Å². The molecular formula is C17H19N3OS. The Bertz CT molecular complexity index is 803. The number of hydrogen-bond acceptors (Lipinski definition) is 3. The number of nitrogens with one attached hydrogen (secondary N) is 2. The minimum atomic E-state index is 0.0589. The van der Waals surface area contributed by atoms with Gasteiger partial charge in [-0.1, -0.05) is 18.2 Å². The van der Waals surface area contributed by atoms with Gasteiger partial charge in [0.05, 0.1) is 17.1 Å². The molecule has 0 aliphatic rings. The number of aromatic amines is 1. The summed E-state index contributed by atoms with van der Waals surface area (Å²) in [6, 6.07) is 8.04. The summed E-state index contributed by atoms with van der Waals surface area (Å²) in [6.07, 6.45) is 3.17. The highest BCUT2D eigenvalue weighted by molar-refractivity contribution is 7.11. The van der Waals surface area contributed by atoms with Crippen LogP contribution in [0.5, 0.6) is 0 Å². The zero-order valence-electron chi connectivity index (χ0n) is 12.8. The number of benzene rings is 1. The first-order valence-electron chi connectivity index (χ1n) is 7.38. The van der Waals surface area contributed by atoms with Crippen LogP contribution in [-0.4, -0.2) is 22.4 Å². The molecule has 0 bridgehead atoms. The molecule has 2 heterocycles. The fourth-order valence-corrected chi connectivity index (χ4v) is 3.57. The average Bonchev–Trinajstić information content (AvgIpc) is 3.03. The molecule has 22 heavy (non-hydrogen) atoms. The molecule has 4 nitrogen and oxygen atoms in total. The first-order chi connectivity index (χ1) is 10.6. The molecule has 3 aromatic rings. The Hall–Kier alpha value is -2.14. The number of carbonyl (C=O) groups excluding carboxylic acids is 1. The van der Waals surface area contributed by atoms with Crippen molar-refractivity contribution in [2.45, 2.75) is 26.7 Å². The van der Waals surface area contributed by atoms with E-state index in [1.807, 2.05) is 44.3 Å². The first kappa shape index (κ1) is 14.8. The molecule has 3 rings (SSSR count). The van der Waals surface area contributed by atoms with E-state index in [0.717, 1.165) is 33.6 Å². The Kier molecular flexibility index (Phi) is 4.24. The highest BCUT2D eigenvalue weighted by Gasteiger charge is 2.09. The third kappa shape index (κ3) is 3.20. The van der Waals surface area contributed by atoms with Crippen molar-refractivity contribution in [1.29, 1.82) is 0 Å². The number of aromatic nitrogens is 2. The van der Waals surface area contributed by atoms with E-state index in [1.54, 1.807) is 11.3 Å². The van der Waals surface area contributed by atoms with Gasteiger partial charge in [-0.05, 0) is 25.5 Å². The van der Waals surface area contributed by atoms with E-state index < -0.39 is 0 Å². The number of para-hydroxylation sites is 1. The number of rotatable bonds is 5. The standard InChI is InChI=1S/C17H19N3OS/c1-11-16(22-12(2)20-11)7-8-18-17(21)9-13-10-19-15-6-4-3-5-14(13)15/h3-6,10,19H,7-9H2,1-2H3,(H,18,21). The molecule has 114 valence electrons. The average molecular weight is 313 g/mol. The Balaban J connectivity index is 1.55. The molecule has 2 aromatic heterocycles. The van der Waals surface area contributed by atoms with Gasteiger partial charge in [0, 0.05) is 34.9 Å². The van der Waals surface area contributed by atoms with E-state index in [2.05, 4.69) is 15.3 Å². The molecule has 1 amide bonds. The molecule has 5 heteroatoms. The molecule has 0 aliphatic carbocycles. The monoisotopic (exact) mass is 313 g/mol. The zero-order valence-corrected chi connectivity index (χ0v) is 13.6. The molecule has 1 aromatic carbocycles. The molecule has 0 radical (unpaired) electrons. The van der Waals surface area contributed by atoms with Crippen LogP contribution in [0.15, 0.2) is 30.5 Å². The number of nitrogens with zero attached hydrogens (tertiary/aromatic N) is 1. The van der Waals surface area contributed by atoms with Crippen LogP contribution in [-0.2, 0) is 17.6 Å². The fourth-order valence-electron chi connectivity index (χ4n) is 2.63. The largest absolute Gasteiger partial charge is 0.361 e. The molecular weight excluding hydrogens is 294 g/mol. The number of H-pyrrole nitrogens is 1. The van der Waals surface area contributed by atoms with Crippen molar-refractivity contribution in [1.82, 2.24) is 15.3 Å². The van der Waals surface area contributed by atoms with Crippen molar-refractivity contribution in [3.63, 3.8) is 0 Å². The SMILES string of the molecule is Cc1nc(C)c(CCNC(=O)Cc2c[nH]c3ccccc23)s1. The van der Waals surface area contributed by atoms with E-state index in [4.69, 9.17) is 0 Å². The first-order valence-corrected chi connectivity index (χ1v) is 8.19. The molecule has 0 saturated heterocycles. The van der Waals surface area contributed by atoms with Crippen LogP contribution in [0.3, 0.4) is 0 Å². The molecule has 0 spiro atoms. The zero-order chi connectivity index (χ0) is 15.5. The van der Waals surface area contributed by atoms with Crippen LogP contribution in [0.2, 0.25) is 0 Å². The van der Waals surface area contributed by atoms with Crippen LogP contribution < -0.4 is 5.32 Å². The lowest BCUT2D eigenvalue weighted by Crippen LogP contribution is -2.27. The van der Waals surface area contributed by atoms with Crippen LogP contribution in [0.1, 0.15) is 21.1 Å². The van der Waals surface area contributed by atoms with Crippen LogP contribution >= 0.6 is 11.3 Å². The molecule has 0 saturated carbocycles. The third-order valence-corrected chi connectivity index (χ3v) is 4.83. The number of hydrogen-bond donors (Lipinski definition) is 2. The van der Waals surface area contributed by atoms with Crippen molar-refractivity contribution in [3.05, 3.63) is 51.6 Å². The summed E-state index contributed by atoms with van der Waals surface area (Å²) in [5.41, 5.74) is 3.19. The van der Waals surface area contributed by atoms with E-state index in [0.29, 0.717) is 13.0 Å². The Morgan fingerprint density at radius 1 is 1.32 bits per heavy atom. The summed E-state index contributed by atoms with van der Waals surface area (Å²) < 4.78 is 0. The lowest BCUT2D eigenvalue weighted by atomic mass is 10.1. The van der Waals surface area contributed by atoms with Gasteiger partial charge in [-0.15, -0.1) is 11.3 Å². The topological polar surface area (TPSA) is 57.8 Å². The number of amides is 1. The Labute approximate surface area is 133 Å². The predicted octanol–water partition coefficient (Wildman–Crippen LogP) is 3.14. The second kappa shape index (κ2) is 6.32.